The molecule has 1 spiro atoms. The van der Waals surface area contributed by atoms with Crippen molar-refractivity contribution in [1.82, 2.24) is 4.90 Å². The number of aliphatic hydroxyl groups is 1. The summed E-state index contributed by atoms with van der Waals surface area (Å²) in [5, 5.41) is 10.2. The predicted octanol–water partition coefficient (Wildman–Crippen LogP) is 2.71. The van der Waals surface area contributed by atoms with Crippen molar-refractivity contribution < 1.29 is 23.5 Å². The molecule has 1 saturated heterocycles. The molecule has 1 N–H and O–H groups in total. The fraction of sp³-hybridized carbons (Fsp3) is 0.529. The first-order chi connectivity index (χ1) is 10.9. The summed E-state index contributed by atoms with van der Waals surface area (Å²) in [5.41, 5.74) is -0.884. The van der Waals surface area contributed by atoms with Gasteiger partial charge in [0.05, 0.1) is 18.1 Å². The van der Waals surface area contributed by atoms with E-state index in [0.29, 0.717) is 12.8 Å². The molecular weight excluding hydrogens is 304 g/mol. The summed E-state index contributed by atoms with van der Waals surface area (Å²) in [7, 11) is 0. The van der Waals surface area contributed by atoms with Crippen molar-refractivity contribution in [3.8, 4) is 0 Å². The normalized spacial score (nSPS) is 22.0. The van der Waals surface area contributed by atoms with E-state index < -0.39 is 23.2 Å². The number of rotatable bonds is 3. The molecule has 0 bridgehead atoms. The van der Waals surface area contributed by atoms with Crippen LogP contribution < -0.4 is 0 Å². The molecule has 2 amide bonds. The van der Waals surface area contributed by atoms with Gasteiger partial charge in [0.15, 0.2) is 0 Å². The van der Waals surface area contributed by atoms with Crippen molar-refractivity contribution in [3.05, 3.63) is 35.4 Å². The second kappa shape index (κ2) is 6.00. The highest BCUT2D eigenvalue weighted by molar-refractivity contribution is 6.06. The molecule has 1 heterocycles. The van der Waals surface area contributed by atoms with E-state index >= 15 is 0 Å². The average molecular weight is 323 g/mol. The third-order valence-corrected chi connectivity index (χ3v) is 4.97. The van der Waals surface area contributed by atoms with Gasteiger partial charge in [0, 0.05) is 12.0 Å². The summed E-state index contributed by atoms with van der Waals surface area (Å²) < 4.78 is 27.0. The van der Waals surface area contributed by atoms with Crippen molar-refractivity contribution >= 4 is 11.8 Å². The van der Waals surface area contributed by atoms with Gasteiger partial charge in [-0.15, -0.1) is 0 Å². The standard InChI is InChI=1S/C17H19F2NO3/c18-11-4-5-13(19)12(8-11)14(21)10-20-15(22)9-17(16(20)23)6-2-1-3-7-17/h4-5,8,14,21H,1-3,6-7,9-10H2. The van der Waals surface area contributed by atoms with E-state index in [-0.39, 0.29) is 30.3 Å². The Balaban J connectivity index is 1.78. The zero-order valence-electron chi connectivity index (χ0n) is 12.7. The van der Waals surface area contributed by atoms with E-state index in [1.807, 2.05) is 0 Å². The molecular formula is C17H19F2NO3. The second-order valence-corrected chi connectivity index (χ2v) is 6.51. The fourth-order valence-electron chi connectivity index (χ4n) is 3.71. The number of halogens is 2. The van der Waals surface area contributed by atoms with Gasteiger partial charge in [-0.3, -0.25) is 14.5 Å². The summed E-state index contributed by atoms with van der Waals surface area (Å²) in [6.45, 7) is -0.334. The lowest BCUT2D eigenvalue weighted by molar-refractivity contribution is -0.143. The van der Waals surface area contributed by atoms with Crippen LogP contribution in [0.2, 0.25) is 0 Å². The number of carbonyl (C=O) groups is 2. The Hall–Kier alpha value is -1.82. The third-order valence-electron chi connectivity index (χ3n) is 4.97. The number of hydrogen-bond donors (Lipinski definition) is 1. The molecule has 124 valence electrons. The number of carbonyl (C=O) groups excluding carboxylic acids is 2. The Morgan fingerprint density at radius 2 is 1.87 bits per heavy atom. The van der Waals surface area contributed by atoms with E-state index in [2.05, 4.69) is 0 Å². The molecule has 1 aromatic rings. The Labute approximate surface area is 133 Å². The number of likely N-dealkylation sites (tertiary alicyclic amines) is 1. The first-order valence-corrected chi connectivity index (χ1v) is 7.91. The molecule has 0 aromatic heterocycles. The number of β-amino-alcohol motifs (C(OH)–C–C–N with tert-alkyl or cyclic N) is 1. The van der Waals surface area contributed by atoms with Crippen LogP contribution in [0.25, 0.3) is 0 Å². The molecule has 1 aliphatic heterocycles. The fourth-order valence-corrected chi connectivity index (χ4v) is 3.71. The quantitative estimate of drug-likeness (QED) is 0.870. The number of aliphatic hydroxyl groups excluding tert-OH is 1. The van der Waals surface area contributed by atoms with Gasteiger partial charge < -0.3 is 5.11 Å². The van der Waals surface area contributed by atoms with E-state index in [4.69, 9.17) is 0 Å². The zero-order valence-corrected chi connectivity index (χ0v) is 12.7. The maximum absolute atomic E-state index is 13.7. The van der Waals surface area contributed by atoms with E-state index in [9.17, 15) is 23.5 Å². The summed E-state index contributed by atoms with van der Waals surface area (Å²) in [4.78, 5) is 25.9. The Morgan fingerprint density at radius 3 is 2.57 bits per heavy atom. The van der Waals surface area contributed by atoms with Crippen molar-refractivity contribution in [1.29, 1.82) is 0 Å². The Bertz CT molecular complexity index is 641. The van der Waals surface area contributed by atoms with Gasteiger partial charge in [-0.05, 0) is 31.0 Å². The lowest BCUT2D eigenvalue weighted by Crippen LogP contribution is -2.39. The zero-order chi connectivity index (χ0) is 16.6. The van der Waals surface area contributed by atoms with Crippen LogP contribution >= 0.6 is 0 Å². The molecule has 1 unspecified atom stereocenters. The Morgan fingerprint density at radius 1 is 1.17 bits per heavy atom. The van der Waals surface area contributed by atoms with Gasteiger partial charge in [-0.1, -0.05) is 19.3 Å². The smallest absolute Gasteiger partial charge is 0.236 e. The number of imide groups is 1. The average Bonchev–Trinajstić information content (AvgIpc) is 2.74. The van der Waals surface area contributed by atoms with Gasteiger partial charge in [-0.25, -0.2) is 8.78 Å². The monoisotopic (exact) mass is 323 g/mol. The minimum absolute atomic E-state index is 0.157. The highest BCUT2D eigenvalue weighted by Gasteiger charge is 2.51. The van der Waals surface area contributed by atoms with Gasteiger partial charge in [-0.2, -0.15) is 0 Å². The largest absolute Gasteiger partial charge is 0.386 e. The number of benzene rings is 1. The minimum Gasteiger partial charge on any atom is -0.386 e. The van der Waals surface area contributed by atoms with Crippen LogP contribution in [-0.4, -0.2) is 28.4 Å². The minimum atomic E-state index is -1.43. The van der Waals surface area contributed by atoms with Crippen LogP contribution in [0.15, 0.2) is 18.2 Å². The van der Waals surface area contributed by atoms with Gasteiger partial charge >= 0.3 is 0 Å². The Kier molecular flexibility index (Phi) is 4.19. The first kappa shape index (κ1) is 16.1. The van der Waals surface area contributed by atoms with Gasteiger partial charge in [0.25, 0.3) is 0 Å². The molecule has 1 aromatic carbocycles. The van der Waals surface area contributed by atoms with E-state index in [0.717, 1.165) is 42.4 Å². The van der Waals surface area contributed by atoms with E-state index in [1.54, 1.807) is 0 Å². The molecule has 2 aliphatic rings. The molecule has 2 fully saturated rings. The molecule has 0 radical (unpaired) electrons. The maximum atomic E-state index is 13.7. The molecule has 23 heavy (non-hydrogen) atoms. The molecule has 1 atom stereocenters. The third kappa shape index (κ3) is 2.87. The SMILES string of the molecule is O=C1CC2(CCCCC2)C(=O)N1CC(O)c1cc(F)ccc1F. The number of amides is 2. The second-order valence-electron chi connectivity index (χ2n) is 6.51. The number of hydrogen-bond acceptors (Lipinski definition) is 3. The topological polar surface area (TPSA) is 57.6 Å². The highest BCUT2D eigenvalue weighted by atomic mass is 19.1. The van der Waals surface area contributed by atoms with Gasteiger partial charge in [0.2, 0.25) is 11.8 Å². The van der Waals surface area contributed by atoms with Crippen molar-refractivity contribution in [2.45, 2.75) is 44.6 Å². The van der Waals surface area contributed by atoms with Gasteiger partial charge in [0.1, 0.15) is 11.6 Å². The lowest BCUT2D eigenvalue weighted by atomic mass is 9.73. The van der Waals surface area contributed by atoms with Crippen LogP contribution in [0, 0.1) is 17.0 Å². The predicted molar refractivity (Wildman–Crippen MR) is 78.2 cm³/mol. The summed E-state index contributed by atoms with van der Waals surface area (Å²) in [5.74, 6) is -2.06. The lowest BCUT2D eigenvalue weighted by Gasteiger charge is -2.30. The van der Waals surface area contributed by atoms with Crippen LogP contribution in [-0.2, 0) is 9.59 Å². The van der Waals surface area contributed by atoms with Crippen LogP contribution in [0.1, 0.15) is 50.2 Å². The highest BCUT2D eigenvalue weighted by Crippen LogP contribution is 2.45. The molecule has 3 rings (SSSR count). The summed E-state index contributed by atoms with van der Waals surface area (Å²) >= 11 is 0. The summed E-state index contributed by atoms with van der Waals surface area (Å²) in [6, 6.07) is 2.76. The van der Waals surface area contributed by atoms with Crippen LogP contribution in [0.3, 0.4) is 0 Å². The van der Waals surface area contributed by atoms with Crippen molar-refractivity contribution in [3.63, 3.8) is 0 Å². The first-order valence-electron chi connectivity index (χ1n) is 7.91. The molecule has 1 saturated carbocycles. The van der Waals surface area contributed by atoms with Crippen LogP contribution in [0.5, 0.6) is 0 Å². The van der Waals surface area contributed by atoms with E-state index in [1.165, 1.54) is 0 Å². The summed E-state index contributed by atoms with van der Waals surface area (Å²) in [6.07, 6.45) is 2.96. The molecule has 4 nitrogen and oxygen atoms in total. The van der Waals surface area contributed by atoms with Crippen molar-refractivity contribution in [2.75, 3.05) is 6.54 Å². The van der Waals surface area contributed by atoms with Crippen LogP contribution in [0.4, 0.5) is 8.78 Å². The van der Waals surface area contributed by atoms with Crippen molar-refractivity contribution in [2.24, 2.45) is 5.41 Å². The maximum Gasteiger partial charge on any atom is 0.236 e. The molecule has 1 aliphatic carbocycles. The number of nitrogens with zero attached hydrogens (tertiary/aromatic N) is 1. The molecule has 6 heteroatoms.